The number of amides is 2. The van der Waals surface area contributed by atoms with Crippen LogP contribution in [0.2, 0.25) is 0 Å². The van der Waals surface area contributed by atoms with Crippen LogP contribution in [0.15, 0.2) is 0 Å². The maximum absolute atomic E-state index is 12.1. The molecule has 0 aromatic heterocycles. The molecule has 21 heavy (non-hydrogen) atoms. The number of likely N-dealkylation sites (N-methyl/N-ethyl adjacent to an activating group) is 1. The van der Waals surface area contributed by atoms with E-state index in [2.05, 4.69) is 16.7 Å². The molecule has 2 saturated heterocycles. The van der Waals surface area contributed by atoms with Crippen LogP contribution in [0.4, 0.5) is 4.79 Å². The minimum Gasteiger partial charge on any atom is -0.395 e. The highest BCUT2D eigenvalue weighted by Gasteiger charge is 2.43. The Morgan fingerprint density at radius 3 is 2.38 bits per heavy atom. The van der Waals surface area contributed by atoms with Gasteiger partial charge in [-0.2, -0.15) is 0 Å². The van der Waals surface area contributed by atoms with Gasteiger partial charge in [-0.05, 0) is 19.4 Å². The molecule has 1 N–H and O–H groups in total. The zero-order valence-corrected chi connectivity index (χ0v) is 13.7. The number of likely N-dealkylation sites (tertiary alicyclic amines) is 1. The summed E-state index contributed by atoms with van der Waals surface area (Å²) >= 11 is 0. The molecule has 2 aliphatic rings. The van der Waals surface area contributed by atoms with Crippen LogP contribution in [-0.2, 0) is 0 Å². The first-order valence-electron chi connectivity index (χ1n) is 8.07. The molecular weight excluding hydrogens is 268 g/mol. The summed E-state index contributed by atoms with van der Waals surface area (Å²) in [5, 5.41) is 9.34. The number of aliphatic hydroxyl groups excluding tert-OH is 1. The molecule has 0 aromatic carbocycles. The molecule has 0 aliphatic carbocycles. The number of rotatable bonds is 3. The van der Waals surface area contributed by atoms with Crippen LogP contribution < -0.4 is 0 Å². The first-order chi connectivity index (χ1) is 10.0. The molecule has 6 heteroatoms. The van der Waals surface area contributed by atoms with Crippen LogP contribution in [0.5, 0.6) is 0 Å². The molecule has 2 aliphatic heterocycles. The van der Waals surface area contributed by atoms with Gasteiger partial charge in [-0.3, -0.25) is 4.90 Å². The number of urea groups is 1. The lowest BCUT2D eigenvalue weighted by atomic mass is 9.83. The van der Waals surface area contributed by atoms with Gasteiger partial charge >= 0.3 is 6.03 Å². The van der Waals surface area contributed by atoms with Crippen molar-refractivity contribution in [2.24, 2.45) is 0 Å². The number of piperazine rings is 1. The van der Waals surface area contributed by atoms with Crippen LogP contribution in [0.3, 0.4) is 0 Å². The second-order valence-electron chi connectivity index (χ2n) is 6.47. The Hall–Kier alpha value is -0.850. The largest absolute Gasteiger partial charge is 0.395 e. The molecule has 6 nitrogen and oxygen atoms in total. The molecule has 122 valence electrons. The van der Waals surface area contributed by atoms with Gasteiger partial charge in [-0.25, -0.2) is 4.79 Å². The van der Waals surface area contributed by atoms with Crippen molar-refractivity contribution in [3.8, 4) is 0 Å². The maximum atomic E-state index is 12.1. The van der Waals surface area contributed by atoms with Crippen molar-refractivity contribution < 1.29 is 9.90 Å². The van der Waals surface area contributed by atoms with Crippen LogP contribution in [0.25, 0.3) is 0 Å². The molecular formula is C15H30N4O2. The van der Waals surface area contributed by atoms with E-state index < -0.39 is 0 Å². The highest BCUT2D eigenvalue weighted by Crippen LogP contribution is 2.32. The van der Waals surface area contributed by atoms with E-state index in [9.17, 15) is 9.90 Å². The summed E-state index contributed by atoms with van der Waals surface area (Å²) in [6.07, 6.45) is 2.01. The van der Waals surface area contributed by atoms with Crippen molar-refractivity contribution in [2.45, 2.75) is 25.3 Å². The quantitative estimate of drug-likeness (QED) is 0.805. The Morgan fingerprint density at radius 2 is 1.86 bits per heavy atom. The lowest BCUT2D eigenvalue weighted by molar-refractivity contribution is -0.0423. The number of hydrogen-bond donors (Lipinski definition) is 1. The predicted molar refractivity (Wildman–Crippen MR) is 83.4 cm³/mol. The molecule has 2 amide bonds. The smallest absolute Gasteiger partial charge is 0.319 e. The maximum Gasteiger partial charge on any atom is 0.319 e. The average molecular weight is 298 g/mol. The molecule has 0 aromatic rings. The molecule has 0 saturated carbocycles. The SMILES string of the molecule is CCN1CCN(CCO)C2(CCN(C(=O)N(C)C)CC2)C1. The van der Waals surface area contributed by atoms with Gasteiger partial charge in [0.2, 0.25) is 0 Å². The van der Waals surface area contributed by atoms with Gasteiger partial charge in [0.15, 0.2) is 0 Å². The topological polar surface area (TPSA) is 50.3 Å². The van der Waals surface area contributed by atoms with E-state index in [1.807, 2.05) is 19.0 Å². The van der Waals surface area contributed by atoms with Gasteiger partial charge in [-0.1, -0.05) is 6.92 Å². The molecule has 1 spiro atoms. The molecule has 2 fully saturated rings. The summed E-state index contributed by atoms with van der Waals surface area (Å²) in [6.45, 7) is 9.05. The van der Waals surface area contributed by atoms with Crippen LogP contribution in [0.1, 0.15) is 19.8 Å². The molecule has 0 radical (unpaired) electrons. The molecule has 0 bridgehead atoms. The molecule has 0 atom stereocenters. The molecule has 2 rings (SSSR count). The van der Waals surface area contributed by atoms with E-state index in [0.29, 0.717) is 0 Å². The van der Waals surface area contributed by atoms with Crippen molar-refractivity contribution in [2.75, 3.05) is 66.5 Å². The number of carbonyl (C=O) groups is 1. The fraction of sp³-hybridized carbons (Fsp3) is 0.933. The van der Waals surface area contributed by atoms with Gasteiger partial charge in [0.1, 0.15) is 0 Å². The lowest BCUT2D eigenvalue weighted by Crippen LogP contribution is -2.66. The fourth-order valence-electron chi connectivity index (χ4n) is 3.71. The highest BCUT2D eigenvalue weighted by molar-refractivity contribution is 5.73. The van der Waals surface area contributed by atoms with E-state index in [0.717, 1.165) is 58.7 Å². The summed E-state index contributed by atoms with van der Waals surface area (Å²) in [5.74, 6) is 0. The summed E-state index contributed by atoms with van der Waals surface area (Å²) in [4.78, 5) is 20.6. The Balaban J connectivity index is 2.04. The Bertz CT molecular complexity index is 354. The van der Waals surface area contributed by atoms with Crippen LogP contribution in [-0.4, -0.2) is 103 Å². The van der Waals surface area contributed by atoms with Crippen LogP contribution >= 0.6 is 0 Å². The molecule has 2 heterocycles. The summed E-state index contributed by atoms with van der Waals surface area (Å²) < 4.78 is 0. The fourth-order valence-corrected chi connectivity index (χ4v) is 3.71. The Labute approximate surface area is 128 Å². The highest BCUT2D eigenvalue weighted by atomic mass is 16.3. The number of hydrogen-bond acceptors (Lipinski definition) is 4. The van der Waals surface area contributed by atoms with E-state index in [4.69, 9.17) is 0 Å². The Kier molecular flexibility index (Phi) is 5.46. The standard InChI is InChI=1S/C15H30N4O2/c1-4-17-9-10-19(11-12-20)15(13-17)5-7-18(8-6-15)14(21)16(2)3/h20H,4-13H2,1-3H3. The predicted octanol–water partition coefficient (Wildman–Crippen LogP) is 0.132. The van der Waals surface area contributed by atoms with Crippen molar-refractivity contribution in [1.82, 2.24) is 19.6 Å². The van der Waals surface area contributed by atoms with Crippen molar-refractivity contribution in [1.29, 1.82) is 0 Å². The summed E-state index contributed by atoms with van der Waals surface area (Å²) in [6, 6.07) is 0.113. The van der Waals surface area contributed by atoms with Crippen molar-refractivity contribution in [3.63, 3.8) is 0 Å². The number of β-amino-alcohol motifs (C(OH)–C–C–N with tert-alkyl or cyclic N) is 1. The normalized spacial score (nSPS) is 23.5. The third kappa shape index (κ3) is 3.49. The second-order valence-corrected chi connectivity index (χ2v) is 6.47. The average Bonchev–Trinajstić information content (AvgIpc) is 2.49. The second kappa shape index (κ2) is 6.94. The number of piperidine rings is 1. The summed E-state index contributed by atoms with van der Waals surface area (Å²) in [5.41, 5.74) is 0.139. The number of aliphatic hydroxyl groups is 1. The van der Waals surface area contributed by atoms with E-state index in [1.165, 1.54) is 0 Å². The summed E-state index contributed by atoms with van der Waals surface area (Å²) in [7, 11) is 3.62. The van der Waals surface area contributed by atoms with Crippen molar-refractivity contribution >= 4 is 6.03 Å². The number of carbonyl (C=O) groups excluding carboxylic acids is 1. The first-order valence-corrected chi connectivity index (χ1v) is 8.07. The van der Waals surface area contributed by atoms with Crippen LogP contribution in [0, 0.1) is 0 Å². The van der Waals surface area contributed by atoms with Gasteiger partial charge < -0.3 is 19.8 Å². The lowest BCUT2D eigenvalue weighted by Gasteiger charge is -2.54. The zero-order chi connectivity index (χ0) is 15.5. The number of nitrogens with zero attached hydrogens (tertiary/aromatic N) is 4. The van der Waals surface area contributed by atoms with E-state index in [-0.39, 0.29) is 18.2 Å². The zero-order valence-electron chi connectivity index (χ0n) is 13.7. The third-order valence-electron chi connectivity index (χ3n) is 5.04. The third-order valence-corrected chi connectivity index (χ3v) is 5.04. The first kappa shape index (κ1) is 16.5. The van der Waals surface area contributed by atoms with Gasteiger partial charge in [-0.15, -0.1) is 0 Å². The van der Waals surface area contributed by atoms with Gasteiger partial charge in [0, 0.05) is 58.9 Å². The van der Waals surface area contributed by atoms with E-state index in [1.54, 1.807) is 4.90 Å². The van der Waals surface area contributed by atoms with Crippen molar-refractivity contribution in [3.05, 3.63) is 0 Å². The van der Waals surface area contributed by atoms with Gasteiger partial charge in [0.25, 0.3) is 0 Å². The van der Waals surface area contributed by atoms with Gasteiger partial charge in [0.05, 0.1) is 6.61 Å². The Morgan fingerprint density at radius 1 is 1.19 bits per heavy atom. The minimum absolute atomic E-state index is 0.113. The minimum atomic E-state index is 0.113. The monoisotopic (exact) mass is 298 g/mol. The van der Waals surface area contributed by atoms with E-state index >= 15 is 0 Å². The molecule has 0 unspecified atom stereocenters.